The van der Waals surface area contributed by atoms with Crippen LogP contribution in [0.1, 0.15) is 16.7 Å². The average molecular weight is 589 g/mol. The number of aryl methyl sites for hydroxylation is 1. The zero-order valence-corrected chi connectivity index (χ0v) is 23.6. The highest BCUT2D eigenvalue weighted by atomic mass is 32.2. The van der Waals surface area contributed by atoms with E-state index in [4.69, 9.17) is 4.74 Å². The summed E-state index contributed by atoms with van der Waals surface area (Å²) in [6.07, 6.45) is 1.38. The number of hydrogen-bond donors (Lipinski definition) is 2. The number of rotatable bonds is 12. The molecule has 4 aromatic rings. The molecule has 0 saturated carbocycles. The number of hydrazone groups is 1. The van der Waals surface area contributed by atoms with Gasteiger partial charge in [-0.15, -0.1) is 0 Å². The molecule has 0 atom stereocenters. The van der Waals surface area contributed by atoms with Crippen LogP contribution in [0.15, 0.2) is 113 Å². The number of anilines is 1. The van der Waals surface area contributed by atoms with E-state index in [2.05, 4.69) is 15.8 Å². The standard InChI is InChI=1S/C31H29FN4O5S/c1-23-7-17-29(18-8-23)42(39,40)36(27-13-11-26(32)12-14-27)21-30(37)35-34-20-25-9-15-28(16-10-25)41-22-31(38)33-19-24-5-3-2-4-6-24/h2-18,20H,19,21-22H2,1H3,(H,33,38)(H,35,37)/b34-20-. The van der Waals surface area contributed by atoms with Crippen molar-refractivity contribution < 1.29 is 27.1 Å². The molecule has 4 aromatic carbocycles. The third-order valence-corrected chi connectivity index (χ3v) is 7.78. The van der Waals surface area contributed by atoms with E-state index in [1.54, 1.807) is 36.4 Å². The normalized spacial score (nSPS) is 11.2. The van der Waals surface area contributed by atoms with E-state index in [-0.39, 0.29) is 23.1 Å². The van der Waals surface area contributed by atoms with Crippen molar-refractivity contribution in [2.24, 2.45) is 5.10 Å². The van der Waals surface area contributed by atoms with Gasteiger partial charge in [0.25, 0.3) is 21.8 Å². The van der Waals surface area contributed by atoms with Gasteiger partial charge in [-0.3, -0.25) is 13.9 Å². The van der Waals surface area contributed by atoms with Crippen molar-refractivity contribution in [1.82, 2.24) is 10.7 Å². The minimum atomic E-state index is -4.13. The minimum Gasteiger partial charge on any atom is -0.484 e. The molecule has 11 heteroatoms. The summed E-state index contributed by atoms with van der Waals surface area (Å²) in [6, 6.07) is 27.2. The summed E-state index contributed by atoms with van der Waals surface area (Å²) in [7, 11) is -4.13. The van der Waals surface area contributed by atoms with Crippen LogP contribution in [0.4, 0.5) is 10.1 Å². The van der Waals surface area contributed by atoms with Gasteiger partial charge in [0.05, 0.1) is 16.8 Å². The molecule has 0 bridgehead atoms. The van der Waals surface area contributed by atoms with E-state index < -0.39 is 28.3 Å². The first-order valence-electron chi connectivity index (χ1n) is 12.9. The van der Waals surface area contributed by atoms with Crippen LogP contribution in [0.3, 0.4) is 0 Å². The van der Waals surface area contributed by atoms with Gasteiger partial charge in [-0.1, -0.05) is 48.0 Å². The zero-order valence-electron chi connectivity index (χ0n) is 22.7. The molecule has 4 rings (SSSR count). The Kier molecular flexibility index (Phi) is 10.0. The Balaban J connectivity index is 1.32. The van der Waals surface area contributed by atoms with E-state index in [1.807, 2.05) is 37.3 Å². The number of carbonyl (C=O) groups is 2. The molecule has 0 radical (unpaired) electrons. The number of hydrogen-bond acceptors (Lipinski definition) is 6. The van der Waals surface area contributed by atoms with Crippen LogP contribution in [-0.2, 0) is 26.2 Å². The van der Waals surface area contributed by atoms with Crippen molar-refractivity contribution in [2.75, 3.05) is 17.5 Å². The topological polar surface area (TPSA) is 117 Å². The molecule has 0 saturated heterocycles. The molecule has 0 aliphatic heterocycles. The van der Waals surface area contributed by atoms with E-state index in [9.17, 15) is 22.4 Å². The van der Waals surface area contributed by atoms with Crippen LogP contribution in [-0.4, -0.2) is 39.6 Å². The molecular formula is C31H29FN4O5S. The average Bonchev–Trinajstić information content (AvgIpc) is 2.99. The number of sulfonamides is 1. The van der Waals surface area contributed by atoms with Gasteiger partial charge in [-0.25, -0.2) is 18.2 Å². The summed E-state index contributed by atoms with van der Waals surface area (Å²) in [5, 5.41) is 6.70. The largest absolute Gasteiger partial charge is 0.484 e. The summed E-state index contributed by atoms with van der Waals surface area (Å²) in [5.74, 6) is -1.02. The molecular weight excluding hydrogens is 559 g/mol. The molecule has 9 nitrogen and oxygen atoms in total. The SMILES string of the molecule is Cc1ccc(S(=O)(=O)N(CC(=O)N/N=C\c2ccc(OCC(=O)NCc3ccccc3)cc2)c2ccc(F)cc2)cc1. The highest BCUT2D eigenvalue weighted by molar-refractivity contribution is 7.92. The van der Waals surface area contributed by atoms with E-state index in [0.29, 0.717) is 17.9 Å². The van der Waals surface area contributed by atoms with Crippen molar-refractivity contribution in [2.45, 2.75) is 18.4 Å². The quantitative estimate of drug-likeness (QED) is 0.190. The number of nitrogens with one attached hydrogen (secondary N) is 2. The summed E-state index contributed by atoms with van der Waals surface area (Å²) in [6.45, 7) is 1.50. The van der Waals surface area contributed by atoms with E-state index in [0.717, 1.165) is 27.6 Å². The van der Waals surface area contributed by atoms with Crippen molar-refractivity contribution in [3.8, 4) is 5.75 Å². The predicted molar refractivity (Wildman–Crippen MR) is 158 cm³/mol. The lowest BCUT2D eigenvalue weighted by atomic mass is 10.2. The highest BCUT2D eigenvalue weighted by Crippen LogP contribution is 2.24. The zero-order chi connectivity index (χ0) is 30.0. The van der Waals surface area contributed by atoms with Crippen molar-refractivity contribution in [1.29, 1.82) is 0 Å². The summed E-state index contributed by atoms with van der Waals surface area (Å²) in [5.41, 5.74) is 4.93. The Labute approximate surface area is 243 Å². The molecule has 0 aliphatic rings. The lowest BCUT2D eigenvalue weighted by Gasteiger charge is -2.23. The first-order valence-corrected chi connectivity index (χ1v) is 14.3. The number of nitrogens with zero attached hydrogens (tertiary/aromatic N) is 2. The Bertz CT molecular complexity index is 1630. The van der Waals surface area contributed by atoms with Gasteiger partial charge in [0.15, 0.2) is 6.61 Å². The molecule has 0 unspecified atom stereocenters. The number of halogens is 1. The molecule has 0 heterocycles. The predicted octanol–water partition coefficient (Wildman–Crippen LogP) is 4.17. The van der Waals surface area contributed by atoms with Crippen LogP contribution in [0, 0.1) is 12.7 Å². The highest BCUT2D eigenvalue weighted by Gasteiger charge is 2.27. The molecule has 2 amide bonds. The third kappa shape index (κ3) is 8.48. The third-order valence-electron chi connectivity index (χ3n) is 6.00. The molecule has 216 valence electrons. The molecule has 2 N–H and O–H groups in total. The van der Waals surface area contributed by atoms with Crippen LogP contribution < -0.4 is 19.8 Å². The Morgan fingerprint density at radius 2 is 1.55 bits per heavy atom. The first-order chi connectivity index (χ1) is 20.2. The Morgan fingerprint density at radius 1 is 0.881 bits per heavy atom. The van der Waals surface area contributed by atoms with Crippen LogP contribution in [0.5, 0.6) is 5.75 Å². The van der Waals surface area contributed by atoms with Gasteiger partial charge in [0.1, 0.15) is 18.1 Å². The first kappa shape index (κ1) is 29.9. The van der Waals surface area contributed by atoms with Gasteiger partial charge >= 0.3 is 0 Å². The van der Waals surface area contributed by atoms with Crippen molar-refractivity contribution >= 4 is 33.7 Å². The number of amides is 2. The fourth-order valence-electron chi connectivity index (χ4n) is 3.75. The lowest BCUT2D eigenvalue weighted by Crippen LogP contribution is -2.39. The van der Waals surface area contributed by atoms with Gasteiger partial charge in [-0.05, 0) is 78.7 Å². The summed E-state index contributed by atoms with van der Waals surface area (Å²) < 4.78 is 46.6. The van der Waals surface area contributed by atoms with Crippen LogP contribution in [0.25, 0.3) is 0 Å². The van der Waals surface area contributed by atoms with Crippen molar-refractivity contribution in [3.05, 3.63) is 126 Å². The minimum absolute atomic E-state index is 0.00953. The van der Waals surface area contributed by atoms with Crippen LogP contribution in [0.2, 0.25) is 0 Å². The monoisotopic (exact) mass is 588 g/mol. The van der Waals surface area contributed by atoms with E-state index in [1.165, 1.54) is 30.5 Å². The summed E-state index contributed by atoms with van der Waals surface area (Å²) in [4.78, 5) is 24.7. The second-order valence-corrected chi connectivity index (χ2v) is 11.1. The molecule has 0 fully saturated rings. The number of benzene rings is 4. The number of ether oxygens (including phenoxy) is 1. The van der Waals surface area contributed by atoms with Gasteiger partial charge < -0.3 is 10.1 Å². The van der Waals surface area contributed by atoms with Gasteiger partial charge in [0, 0.05) is 6.54 Å². The second-order valence-electron chi connectivity index (χ2n) is 9.21. The Morgan fingerprint density at radius 3 is 2.21 bits per heavy atom. The maximum Gasteiger partial charge on any atom is 0.264 e. The fourth-order valence-corrected chi connectivity index (χ4v) is 5.17. The second kappa shape index (κ2) is 14.0. The smallest absolute Gasteiger partial charge is 0.264 e. The van der Waals surface area contributed by atoms with Crippen LogP contribution >= 0.6 is 0 Å². The molecule has 0 aliphatic carbocycles. The van der Waals surface area contributed by atoms with Crippen molar-refractivity contribution in [3.63, 3.8) is 0 Å². The molecule has 0 spiro atoms. The maximum atomic E-state index is 13.5. The van der Waals surface area contributed by atoms with Gasteiger partial charge in [-0.2, -0.15) is 5.10 Å². The lowest BCUT2D eigenvalue weighted by molar-refractivity contribution is -0.123. The van der Waals surface area contributed by atoms with E-state index >= 15 is 0 Å². The van der Waals surface area contributed by atoms with Gasteiger partial charge in [0.2, 0.25) is 0 Å². The Hall–Kier alpha value is -5.03. The molecule has 42 heavy (non-hydrogen) atoms. The molecule has 0 aromatic heterocycles. The maximum absolute atomic E-state index is 13.5. The summed E-state index contributed by atoms with van der Waals surface area (Å²) >= 11 is 0. The number of carbonyl (C=O) groups excluding carboxylic acids is 2. The fraction of sp³-hybridized carbons (Fsp3) is 0.129.